The van der Waals surface area contributed by atoms with Crippen LogP contribution in [0.1, 0.15) is 6.92 Å². The van der Waals surface area contributed by atoms with Crippen LogP contribution in [0, 0.1) is 0 Å². The van der Waals surface area contributed by atoms with Gasteiger partial charge in [-0.2, -0.15) is 0 Å². The number of hydrogen-bond donors (Lipinski definition) is 7. The number of aliphatic hydroxyl groups is 5. The first-order chi connectivity index (χ1) is 19.5. The normalized spacial score (nSPS) is 32.1. The van der Waals surface area contributed by atoms with Crippen molar-refractivity contribution in [2.24, 2.45) is 0 Å². The number of ether oxygens (including phenoxy) is 5. The van der Waals surface area contributed by atoms with E-state index >= 15 is 0 Å². The standard InChI is InChI=1S/C27H30O14/c1-10-18(31)20(33)21(34)27(38-10)40-24-15(30)9-37-26(22(24)35)41-25-19(32)13-5-4-12(28)8-16(13)39-23(25)11-3-6-14(29)17(7-11)36-2/h3-8,10,15,18,20-22,24,26-31,33-35H,9H2,1-2H3/t10-,15-,18-,20+,21+,22+,24-,26-,27-/m1/s1. The molecule has 2 saturated heterocycles. The Balaban J connectivity index is 1.50. The maximum Gasteiger partial charge on any atom is 0.235 e. The minimum Gasteiger partial charge on any atom is -0.508 e. The summed E-state index contributed by atoms with van der Waals surface area (Å²) in [5, 5.41) is 71.9. The summed E-state index contributed by atoms with van der Waals surface area (Å²) in [6.07, 6.45) is -13.5. The van der Waals surface area contributed by atoms with Gasteiger partial charge in [-0.15, -0.1) is 0 Å². The van der Waals surface area contributed by atoms with Crippen molar-refractivity contribution >= 4 is 11.0 Å². The molecule has 2 fully saturated rings. The maximum absolute atomic E-state index is 13.6. The van der Waals surface area contributed by atoms with E-state index < -0.39 is 73.1 Å². The molecule has 0 amide bonds. The van der Waals surface area contributed by atoms with E-state index in [1.807, 2.05) is 0 Å². The highest BCUT2D eigenvalue weighted by atomic mass is 16.7. The van der Waals surface area contributed by atoms with Crippen LogP contribution >= 0.6 is 0 Å². The summed E-state index contributed by atoms with van der Waals surface area (Å²) in [5.74, 6) is -0.842. The number of rotatable bonds is 6. The van der Waals surface area contributed by atoms with Crippen LogP contribution in [0.3, 0.4) is 0 Å². The fourth-order valence-electron chi connectivity index (χ4n) is 4.72. The van der Waals surface area contributed by atoms with Gasteiger partial charge in [0.1, 0.15) is 48.0 Å². The highest BCUT2D eigenvalue weighted by Gasteiger charge is 2.48. The molecule has 222 valence electrons. The highest BCUT2D eigenvalue weighted by Crippen LogP contribution is 2.38. The summed E-state index contributed by atoms with van der Waals surface area (Å²) >= 11 is 0. The van der Waals surface area contributed by atoms with Gasteiger partial charge >= 0.3 is 0 Å². The molecule has 0 bridgehead atoms. The van der Waals surface area contributed by atoms with E-state index in [-0.39, 0.29) is 39.5 Å². The summed E-state index contributed by atoms with van der Waals surface area (Å²) in [7, 11) is 1.33. The van der Waals surface area contributed by atoms with Crippen molar-refractivity contribution in [3.63, 3.8) is 0 Å². The lowest BCUT2D eigenvalue weighted by Crippen LogP contribution is -2.62. The quantitative estimate of drug-likeness (QED) is 0.197. The van der Waals surface area contributed by atoms with Crippen LogP contribution in [0.5, 0.6) is 23.0 Å². The van der Waals surface area contributed by atoms with Gasteiger partial charge in [-0.25, -0.2) is 0 Å². The van der Waals surface area contributed by atoms with Gasteiger partial charge in [0.05, 0.1) is 25.2 Å². The number of methoxy groups -OCH3 is 1. The van der Waals surface area contributed by atoms with Crippen molar-refractivity contribution in [1.82, 2.24) is 0 Å². The van der Waals surface area contributed by atoms with Crippen molar-refractivity contribution in [2.45, 2.75) is 62.2 Å². The molecule has 2 aliphatic rings. The molecule has 3 aromatic rings. The third kappa shape index (κ3) is 5.43. The lowest BCUT2D eigenvalue weighted by molar-refractivity contribution is -0.338. The van der Waals surface area contributed by atoms with Crippen molar-refractivity contribution in [2.75, 3.05) is 13.7 Å². The van der Waals surface area contributed by atoms with E-state index in [0.29, 0.717) is 0 Å². The first-order valence-electron chi connectivity index (χ1n) is 12.7. The van der Waals surface area contributed by atoms with Crippen molar-refractivity contribution in [1.29, 1.82) is 0 Å². The zero-order chi connectivity index (χ0) is 29.6. The van der Waals surface area contributed by atoms with E-state index in [1.54, 1.807) is 0 Å². The van der Waals surface area contributed by atoms with Gasteiger partial charge in [-0.1, -0.05) is 0 Å². The van der Waals surface area contributed by atoms with Crippen molar-refractivity contribution in [3.8, 4) is 34.3 Å². The molecule has 9 atom stereocenters. The number of benzene rings is 2. The molecule has 2 aromatic carbocycles. The number of fused-ring (bicyclic) bond motifs is 1. The molecule has 0 saturated carbocycles. The van der Waals surface area contributed by atoms with Gasteiger partial charge in [0.25, 0.3) is 0 Å². The van der Waals surface area contributed by atoms with E-state index in [0.717, 1.165) is 0 Å². The Morgan fingerprint density at radius 1 is 0.902 bits per heavy atom. The summed E-state index contributed by atoms with van der Waals surface area (Å²) in [5.41, 5.74) is -0.440. The molecular weight excluding hydrogens is 548 g/mol. The number of aromatic hydroxyl groups is 2. The second-order valence-corrected chi connectivity index (χ2v) is 9.82. The molecule has 7 N–H and O–H groups in total. The molecule has 3 heterocycles. The fraction of sp³-hybridized carbons (Fsp3) is 0.444. The Morgan fingerprint density at radius 2 is 1.66 bits per heavy atom. The first kappa shape index (κ1) is 29.0. The predicted molar refractivity (Wildman–Crippen MR) is 137 cm³/mol. The van der Waals surface area contributed by atoms with Crippen LogP contribution in [-0.4, -0.2) is 105 Å². The molecule has 14 nitrogen and oxygen atoms in total. The fourth-order valence-corrected chi connectivity index (χ4v) is 4.72. The van der Waals surface area contributed by atoms with Crippen molar-refractivity contribution < 1.29 is 63.8 Å². The molecule has 0 spiro atoms. The lowest BCUT2D eigenvalue weighted by atomic mass is 9.99. The Morgan fingerprint density at radius 3 is 2.39 bits per heavy atom. The summed E-state index contributed by atoms with van der Waals surface area (Å²) in [4.78, 5) is 13.6. The van der Waals surface area contributed by atoms with Crippen LogP contribution < -0.4 is 14.9 Å². The minimum atomic E-state index is -1.76. The van der Waals surface area contributed by atoms with Gasteiger partial charge in [0.15, 0.2) is 23.5 Å². The second kappa shape index (κ2) is 11.4. The Bertz CT molecular complexity index is 1460. The number of phenols is 2. The van der Waals surface area contributed by atoms with Crippen LogP contribution in [0.2, 0.25) is 0 Å². The summed E-state index contributed by atoms with van der Waals surface area (Å²) < 4.78 is 33.4. The lowest BCUT2D eigenvalue weighted by Gasteiger charge is -2.43. The van der Waals surface area contributed by atoms with E-state index in [4.69, 9.17) is 28.1 Å². The van der Waals surface area contributed by atoms with Gasteiger partial charge in [-0.05, 0) is 37.3 Å². The van der Waals surface area contributed by atoms with Crippen LogP contribution in [-0.2, 0) is 14.2 Å². The third-order valence-corrected chi connectivity index (χ3v) is 7.04. The average molecular weight is 579 g/mol. The smallest absolute Gasteiger partial charge is 0.235 e. The molecule has 41 heavy (non-hydrogen) atoms. The molecule has 2 aliphatic heterocycles. The molecular formula is C27H30O14. The molecule has 0 radical (unpaired) electrons. The van der Waals surface area contributed by atoms with Gasteiger partial charge in [0.2, 0.25) is 17.5 Å². The molecule has 0 aliphatic carbocycles. The predicted octanol–water partition coefficient (Wildman–Crippen LogP) is -0.451. The van der Waals surface area contributed by atoms with Crippen LogP contribution in [0.4, 0.5) is 0 Å². The average Bonchev–Trinajstić information content (AvgIpc) is 2.95. The zero-order valence-corrected chi connectivity index (χ0v) is 21.9. The van der Waals surface area contributed by atoms with Gasteiger partial charge in [-0.3, -0.25) is 4.79 Å². The van der Waals surface area contributed by atoms with E-state index in [1.165, 1.54) is 50.4 Å². The Kier molecular flexibility index (Phi) is 8.09. The largest absolute Gasteiger partial charge is 0.508 e. The molecule has 1 aromatic heterocycles. The maximum atomic E-state index is 13.6. The third-order valence-electron chi connectivity index (χ3n) is 7.04. The van der Waals surface area contributed by atoms with Gasteiger partial charge < -0.3 is 63.8 Å². The van der Waals surface area contributed by atoms with Crippen LogP contribution in [0.15, 0.2) is 45.6 Å². The zero-order valence-electron chi connectivity index (χ0n) is 21.9. The monoisotopic (exact) mass is 578 g/mol. The summed E-state index contributed by atoms with van der Waals surface area (Å²) in [6.45, 7) is 1.02. The van der Waals surface area contributed by atoms with E-state index in [2.05, 4.69) is 0 Å². The number of phenolic OH excluding ortho intramolecular Hbond substituents is 2. The van der Waals surface area contributed by atoms with Gasteiger partial charge in [0, 0.05) is 11.6 Å². The minimum absolute atomic E-state index is 0.0180. The number of hydrogen-bond acceptors (Lipinski definition) is 14. The first-order valence-corrected chi connectivity index (χ1v) is 12.7. The molecule has 0 unspecified atom stereocenters. The topological polar surface area (TPSA) is 218 Å². The Labute approximate surface area is 232 Å². The Hall–Kier alpha value is -3.47. The van der Waals surface area contributed by atoms with Crippen molar-refractivity contribution in [3.05, 3.63) is 46.6 Å². The van der Waals surface area contributed by atoms with Crippen LogP contribution in [0.25, 0.3) is 22.3 Å². The number of aliphatic hydroxyl groups excluding tert-OH is 5. The van der Waals surface area contributed by atoms with E-state index in [9.17, 15) is 40.5 Å². The molecule has 5 rings (SSSR count). The SMILES string of the molecule is COc1cc(-c2oc3cc(O)ccc3c(=O)c2O[C@H]2OC[C@@H](O)[C@@H](O[C@H]3O[C@H](C)[C@@H](O)[C@H](O)[C@@H]3O)[C@@H]2O)ccc1O. The molecule has 14 heteroatoms. The summed E-state index contributed by atoms with van der Waals surface area (Å²) in [6, 6.07) is 7.94. The highest BCUT2D eigenvalue weighted by molar-refractivity contribution is 5.83. The second-order valence-electron chi connectivity index (χ2n) is 9.82.